The second kappa shape index (κ2) is 8.98. The smallest absolute Gasteiger partial charge is 0.244 e. The van der Waals surface area contributed by atoms with Gasteiger partial charge in [-0.3, -0.25) is 4.68 Å². The first-order chi connectivity index (χ1) is 13.9. The van der Waals surface area contributed by atoms with Crippen molar-refractivity contribution in [2.75, 3.05) is 20.8 Å². The lowest BCUT2D eigenvalue weighted by molar-refractivity contribution is 0.354. The maximum atomic E-state index is 13.0. The number of nitrogens with zero attached hydrogens (tertiary/aromatic N) is 2. The van der Waals surface area contributed by atoms with E-state index in [4.69, 9.17) is 9.47 Å². The lowest BCUT2D eigenvalue weighted by atomic mass is 10.1. The number of hydrogen-bond donors (Lipinski definition) is 1. The molecule has 0 radical (unpaired) electrons. The molecule has 0 bridgehead atoms. The number of ether oxygens (including phenoxy) is 2. The molecule has 3 aromatic rings. The molecule has 0 aliphatic carbocycles. The molecule has 156 valence electrons. The fourth-order valence-corrected chi connectivity index (χ4v) is 4.83. The number of sulfonamides is 1. The van der Waals surface area contributed by atoms with Gasteiger partial charge < -0.3 is 9.47 Å². The first-order valence-corrected chi connectivity index (χ1v) is 11.6. The van der Waals surface area contributed by atoms with Crippen molar-refractivity contribution in [3.63, 3.8) is 0 Å². The van der Waals surface area contributed by atoms with Crippen LogP contribution in [-0.4, -0.2) is 39.0 Å². The van der Waals surface area contributed by atoms with Crippen LogP contribution in [0.5, 0.6) is 11.5 Å². The van der Waals surface area contributed by atoms with Crippen molar-refractivity contribution in [3.05, 3.63) is 47.5 Å². The highest BCUT2D eigenvalue weighted by Crippen LogP contribution is 2.31. The standard InChI is InChI=1S/C20H25N3O4S2/c1-14(2)23-13-19(20(22-23)18-6-5-11-28-18)29(24,25)21-10-9-15-7-8-16(26-3)17(12-15)27-4/h5-8,11-14,21H,9-10H2,1-4H3. The SMILES string of the molecule is COc1ccc(CCNS(=O)(=O)c2cn(C(C)C)nc2-c2cccs2)cc1OC. The molecule has 2 aromatic heterocycles. The van der Waals surface area contributed by atoms with Gasteiger partial charge in [-0.2, -0.15) is 5.10 Å². The summed E-state index contributed by atoms with van der Waals surface area (Å²) in [7, 11) is -0.561. The van der Waals surface area contributed by atoms with E-state index < -0.39 is 10.0 Å². The van der Waals surface area contributed by atoms with Crippen molar-refractivity contribution in [3.8, 4) is 22.1 Å². The number of aromatic nitrogens is 2. The zero-order valence-corrected chi connectivity index (χ0v) is 18.5. The second-order valence-corrected chi connectivity index (χ2v) is 9.41. The first kappa shape index (κ1) is 21.4. The topological polar surface area (TPSA) is 82.5 Å². The van der Waals surface area contributed by atoms with Crippen LogP contribution in [0.15, 0.2) is 46.8 Å². The quantitative estimate of drug-likeness (QED) is 0.554. The van der Waals surface area contributed by atoms with E-state index in [-0.39, 0.29) is 17.5 Å². The number of rotatable bonds is 9. The van der Waals surface area contributed by atoms with Crippen molar-refractivity contribution in [1.29, 1.82) is 0 Å². The minimum absolute atomic E-state index is 0.0597. The Morgan fingerprint density at radius 3 is 2.55 bits per heavy atom. The average molecular weight is 436 g/mol. The van der Waals surface area contributed by atoms with Gasteiger partial charge in [-0.25, -0.2) is 13.1 Å². The fourth-order valence-electron chi connectivity index (χ4n) is 2.86. The summed E-state index contributed by atoms with van der Waals surface area (Å²) in [6.45, 7) is 4.19. The van der Waals surface area contributed by atoms with Gasteiger partial charge in [-0.05, 0) is 49.4 Å². The van der Waals surface area contributed by atoms with Gasteiger partial charge in [-0.15, -0.1) is 11.3 Å². The van der Waals surface area contributed by atoms with Crippen LogP contribution in [0.25, 0.3) is 10.6 Å². The summed E-state index contributed by atoms with van der Waals surface area (Å²) in [6.07, 6.45) is 2.12. The highest BCUT2D eigenvalue weighted by atomic mass is 32.2. The Morgan fingerprint density at radius 1 is 1.17 bits per heavy atom. The number of methoxy groups -OCH3 is 2. The first-order valence-electron chi connectivity index (χ1n) is 9.19. The number of nitrogens with one attached hydrogen (secondary N) is 1. The molecule has 0 amide bonds. The van der Waals surface area contributed by atoms with Gasteiger partial charge in [0.25, 0.3) is 0 Å². The van der Waals surface area contributed by atoms with Crippen LogP contribution in [0.1, 0.15) is 25.5 Å². The molecule has 0 saturated carbocycles. The molecule has 0 unspecified atom stereocenters. The molecule has 0 spiro atoms. The van der Waals surface area contributed by atoms with E-state index in [1.54, 1.807) is 25.1 Å². The minimum Gasteiger partial charge on any atom is -0.493 e. The molecule has 0 aliphatic rings. The van der Waals surface area contributed by atoms with Crippen LogP contribution in [-0.2, 0) is 16.4 Å². The molecular weight excluding hydrogens is 410 g/mol. The average Bonchev–Trinajstić information content (AvgIpc) is 3.37. The van der Waals surface area contributed by atoms with Crippen molar-refractivity contribution >= 4 is 21.4 Å². The summed E-state index contributed by atoms with van der Waals surface area (Å²) in [6, 6.07) is 9.37. The fraction of sp³-hybridized carbons (Fsp3) is 0.350. The van der Waals surface area contributed by atoms with Crippen molar-refractivity contribution in [2.24, 2.45) is 0 Å². The van der Waals surface area contributed by atoms with Gasteiger partial charge in [0.2, 0.25) is 10.0 Å². The number of hydrogen-bond acceptors (Lipinski definition) is 6. The van der Waals surface area contributed by atoms with Crippen molar-refractivity contribution in [1.82, 2.24) is 14.5 Å². The molecular formula is C20H25N3O4S2. The Morgan fingerprint density at radius 2 is 1.93 bits per heavy atom. The summed E-state index contributed by atoms with van der Waals surface area (Å²) in [5.41, 5.74) is 1.43. The number of thiophene rings is 1. The highest BCUT2D eigenvalue weighted by Gasteiger charge is 2.24. The van der Waals surface area contributed by atoms with E-state index in [0.29, 0.717) is 23.6 Å². The van der Waals surface area contributed by atoms with E-state index in [1.165, 1.54) is 11.3 Å². The Bertz CT molecular complexity index is 1060. The summed E-state index contributed by atoms with van der Waals surface area (Å²) < 4.78 is 40.9. The maximum Gasteiger partial charge on any atom is 0.244 e. The molecule has 0 atom stereocenters. The van der Waals surface area contributed by atoms with Crippen molar-refractivity contribution < 1.29 is 17.9 Å². The lowest BCUT2D eigenvalue weighted by Crippen LogP contribution is -2.26. The summed E-state index contributed by atoms with van der Waals surface area (Å²) >= 11 is 1.47. The van der Waals surface area contributed by atoms with Gasteiger partial charge in [0.1, 0.15) is 10.6 Å². The van der Waals surface area contributed by atoms with Crippen LogP contribution >= 0.6 is 11.3 Å². The number of benzene rings is 1. The van der Waals surface area contributed by atoms with E-state index in [0.717, 1.165) is 10.4 Å². The predicted molar refractivity (Wildman–Crippen MR) is 114 cm³/mol. The normalized spacial score (nSPS) is 11.8. The maximum absolute atomic E-state index is 13.0. The molecule has 1 aromatic carbocycles. The Hall–Kier alpha value is -2.36. The Labute approximate surface area is 175 Å². The third kappa shape index (κ3) is 4.80. The van der Waals surface area contributed by atoms with Crippen LogP contribution in [0.2, 0.25) is 0 Å². The van der Waals surface area contributed by atoms with Crippen LogP contribution in [0, 0.1) is 0 Å². The second-order valence-electron chi connectivity index (χ2n) is 6.73. The molecule has 7 nitrogen and oxygen atoms in total. The predicted octanol–water partition coefficient (Wildman–Crippen LogP) is 3.73. The molecule has 1 N–H and O–H groups in total. The summed E-state index contributed by atoms with van der Waals surface area (Å²) in [5, 5.41) is 6.41. The zero-order valence-electron chi connectivity index (χ0n) is 16.9. The van der Waals surface area contributed by atoms with Crippen LogP contribution in [0.3, 0.4) is 0 Å². The molecule has 0 saturated heterocycles. The third-order valence-corrected chi connectivity index (χ3v) is 6.76. The van der Waals surface area contributed by atoms with Gasteiger partial charge in [0.15, 0.2) is 11.5 Å². The minimum atomic E-state index is -3.71. The molecule has 0 aliphatic heterocycles. The third-order valence-electron chi connectivity index (χ3n) is 4.43. The molecule has 0 fully saturated rings. The van der Waals surface area contributed by atoms with Crippen molar-refractivity contribution in [2.45, 2.75) is 31.2 Å². The molecule has 9 heteroatoms. The zero-order chi connectivity index (χ0) is 21.0. The molecule has 29 heavy (non-hydrogen) atoms. The van der Waals surface area contributed by atoms with Gasteiger partial charge in [0, 0.05) is 18.8 Å². The molecule has 3 rings (SSSR count). The molecule has 2 heterocycles. The monoisotopic (exact) mass is 435 g/mol. The van der Waals surface area contributed by atoms with E-state index in [1.807, 2.05) is 49.6 Å². The van der Waals surface area contributed by atoms with Crippen LogP contribution in [0.4, 0.5) is 0 Å². The Kier molecular flexibility index (Phi) is 6.61. The van der Waals surface area contributed by atoms with E-state index in [9.17, 15) is 8.42 Å². The van der Waals surface area contributed by atoms with Gasteiger partial charge >= 0.3 is 0 Å². The lowest BCUT2D eigenvalue weighted by Gasteiger charge is -2.10. The van der Waals surface area contributed by atoms with Crippen LogP contribution < -0.4 is 14.2 Å². The van der Waals surface area contributed by atoms with E-state index in [2.05, 4.69) is 9.82 Å². The van der Waals surface area contributed by atoms with E-state index >= 15 is 0 Å². The Balaban J connectivity index is 1.78. The van der Waals surface area contributed by atoms with Gasteiger partial charge in [-0.1, -0.05) is 12.1 Å². The summed E-state index contributed by atoms with van der Waals surface area (Å²) in [4.78, 5) is 1.02. The van der Waals surface area contributed by atoms with Gasteiger partial charge in [0.05, 0.1) is 19.1 Å². The highest BCUT2D eigenvalue weighted by molar-refractivity contribution is 7.89. The summed E-state index contributed by atoms with van der Waals surface area (Å²) in [5.74, 6) is 1.25. The largest absolute Gasteiger partial charge is 0.493 e.